The number of amides is 1. The van der Waals surface area contributed by atoms with E-state index in [1.54, 1.807) is 0 Å². The Hall–Kier alpha value is -1.15. The summed E-state index contributed by atoms with van der Waals surface area (Å²) in [5, 5.41) is 8.45. The molecular weight excluding hydrogens is 238 g/mol. The van der Waals surface area contributed by atoms with E-state index in [0.29, 0.717) is 0 Å². The highest BCUT2D eigenvalue weighted by Gasteiger charge is 2.15. The molecule has 0 bridgehead atoms. The Morgan fingerprint density at radius 1 is 1.38 bits per heavy atom. The third kappa shape index (κ3) is 7.18. The van der Waals surface area contributed by atoms with Crippen molar-refractivity contribution >= 4 is 21.7 Å². The monoisotopic (exact) mass is 253 g/mol. The molecule has 1 atom stereocenters. The number of rotatable bonds is 8. The maximum absolute atomic E-state index is 11.3. The van der Waals surface area contributed by atoms with Gasteiger partial charge < -0.3 is 15.6 Å². The fourth-order valence-electron chi connectivity index (χ4n) is 0.781. The highest BCUT2D eigenvalue weighted by atomic mass is 32.2. The lowest BCUT2D eigenvalue weighted by Crippen LogP contribution is -2.25. The average molecular weight is 253 g/mol. The van der Waals surface area contributed by atoms with Crippen LogP contribution in [-0.4, -0.2) is 49.6 Å². The summed E-state index contributed by atoms with van der Waals surface area (Å²) in [4.78, 5) is 20.7. The van der Waals surface area contributed by atoms with Crippen LogP contribution in [0.4, 0.5) is 0 Å². The number of hydrogen-bond donors (Lipinski definition) is 2. The van der Waals surface area contributed by atoms with Crippen LogP contribution in [0.2, 0.25) is 0 Å². The Labute approximate surface area is 93.5 Å². The zero-order valence-corrected chi connectivity index (χ0v) is 9.70. The van der Waals surface area contributed by atoms with Crippen LogP contribution in [0, 0.1) is 0 Å². The molecule has 0 radical (unpaired) electrons. The normalized spacial score (nSPS) is 13.3. The predicted molar refractivity (Wildman–Crippen MR) is 55.5 cm³/mol. The van der Waals surface area contributed by atoms with Gasteiger partial charge in [0.1, 0.15) is 0 Å². The van der Waals surface area contributed by atoms with Gasteiger partial charge in [0.15, 0.2) is 15.9 Å². The first-order valence-corrected chi connectivity index (χ1v) is 6.40. The molecule has 0 rings (SSSR count). The Morgan fingerprint density at radius 2 is 1.94 bits per heavy atom. The predicted octanol–water partition coefficient (Wildman–Crippen LogP) is -1.23. The number of aliphatic carboxylic acids is 1. The van der Waals surface area contributed by atoms with Gasteiger partial charge in [0, 0.05) is 6.42 Å². The topological polar surface area (TPSA) is 124 Å². The molecule has 16 heavy (non-hydrogen) atoms. The van der Waals surface area contributed by atoms with E-state index in [-0.39, 0.29) is 24.5 Å². The summed E-state index contributed by atoms with van der Waals surface area (Å²) >= 11 is 0. The second-order valence-corrected chi connectivity index (χ2v) is 5.52. The summed E-state index contributed by atoms with van der Waals surface area (Å²) < 4.78 is 27.3. The fourth-order valence-corrected chi connectivity index (χ4v) is 1.85. The number of carboxylic acids is 1. The molecule has 0 saturated heterocycles. The molecule has 0 aliphatic rings. The number of carboxylic acid groups (broad SMARTS) is 1. The van der Waals surface area contributed by atoms with E-state index in [2.05, 4.69) is 0 Å². The summed E-state index contributed by atoms with van der Waals surface area (Å²) in [7, 11) is -3.42. The van der Waals surface area contributed by atoms with Crippen molar-refractivity contribution in [2.45, 2.75) is 19.4 Å². The maximum atomic E-state index is 11.3. The average Bonchev–Trinajstić information content (AvgIpc) is 2.14. The Bertz CT molecular complexity index is 350. The van der Waals surface area contributed by atoms with Crippen LogP contribution in [-0.2, 0) is 24.2 Å². The summed E-state index contributed by atoms with van der Waals surface area (Å²) in [6.45, 7) is 1.09. The molecule has 0 spiro atoms. The van der Waals surface area contributed by atoms with E-state index >= 15 is 0 Å². The van der Waals surface area contributed by atoms with Gasteiger partial charge in [-0.3, -0.25) is 4.79 Å². The molecular formula is C8H15NO6S. The minimum Gasteiger partial charge on any atom is -0.479 e. The summed E-state index contributed by atoms with van der Waals surface area (Å²) in [5.41, 5.74) is 4.80. The van der Waals surface area contributed by atoms with Gasteiger partial charge in [-0.05, 0) is 6.92 Å². The molecule has 0 aromatic rings. The van der Waals surface area contributed by atoms with E-state index in [9.17, 15) is 18.0 Å². The van der Waals surface area contributed by atoms with Crippen molar-refractivity contribution < 1.29 is 27.9 Å². The van der Waals surface area contributed by atoms with Gasteiger partial charge in [0.05, 0.1) is 18.1 Å². The van der Waals surface area contributed by atoms with Crippen molar-refractivity contribution in [3.63, 3.8) is 0 Å². The first-order valence-electron chi connectivity index (χ1n) is 4.58. The van der Waals surface area contributed by atoms with Crippen molar-refractivity contribution in [3.8, 4) is 0 Å². The van der Waals surface area contributed by atoms with Gasteiger partial charge in [0.2, 0.25) is 5.91 Å². The molecule has 0 fully saturated rings. The fraction of sp³-hybridized carbons (Fsp3) is 0.750. The minimum absolute atomic E-state index is 0.214. The number of nitrogens with two attached hydrogens (primary N) is 1. The van der Waals surface area contributed by atoms with Crippen LogP contribution in [0.5, 0.6) is 0 Å². The highest BCUT2D eigenvalue weighted by Crippen LogP contribution is 1.97. The molecule has 0 aliphatic carbocycles. The third-order valence-corrected chi connectivity index (χ3v) is 3.38. The number of primary amides is 1. The van der Waals surface area contributed by atoms with Gasteiger partial charge in [-0.2, -0.15) is 0 Å². The lowest BCUT2D eigenvalue weighted by molar-refractivity contribution is -0.148. The summed E-state index contributed by atoms with van der Waals surface area (Å²) in [6, 6.07) is 0. The zero-order chi connectivity index (χ0) is 12.8. The quantitative estimate of drug-likeness (QED) is 0.558. The third-order valence-electron chi connectivity index (χ3n) is 1.77. The van der Waals surface area contributed by atoms with Gasteiger partial charge in [-0.15, -0.1) is 0 Å². The number of hydrogen-bond acceptors (Lipinski definition) is 5. The van der Waals surface area contributed by atoms with Crippen molar-refractivity contribution in [1.29, 1.82) is 0 Å². The smallest absolute Gasteiger partial charge is 0.332 e. The van der Waals surface area contributed by atoms with Gasteiger partial charge in [-0.25, -0.2) is 13.2 Å². The molecule has 8 heteroatoms. The van der Waals surface area contributed by atoms with E-state index < -0.39 is 27.8 Å². The van der Waals surface area contributed by atoms with Crippen molar-refractivity contribution in [2.75, 3.05) is 18.1 Å². The summed E-state index contributed by atoms with van der Waals surface area (Å²) in [6.07, 6.45) is -1.29. The van der Waals surface area contributed by atoms with E-state index in [1.165, 1.54) is 6.92 Å². The highest BCUT2D eigenvalue weighted by molar-refractivity contribution is 7.91. The standard InChI is InChI=1S/C8H15NO6S/c1-6(8(11)12)15-3-5-16(13,14)4-2-7(9)10/h6H,2-5H2,1H3,(H2,9,10)(H,11,12). The Kier molecular flexibility index (Phi) is 5.97. The lowest BCUT2D eigenvalue weighted by atomic mass is 10.4. The Balaban J connectivity index is 3.91. The van der Waals surface area contributed by atoms with E-state index in [1.807, 2.05) is 0 Å². The van der Waals surface area contributed by atoms with Crippen LogP contribution < -0.4 is 5.73 Å². The zero-order valence-electron chi connectivity index (χ0n) is 8.88. The molecule has 7 nitrogen and oxygen atoms in total. The molecule has 0 aliphatic heterocycles. The first kappa shape index (κ1) is 14.8. The molecule has 0 aromatic heterocycles. The van der Waals surface area contributed by atoms with Gasteiger partial charge >= 0.3 is 5.97 Å². The maximum Gasteiger partial charge on any atom is 0.332 e. The van der Waals surface area contributed by atoms with Gasteiger partial charge in [-0.1, -0.05) is 0 Å². The van der Waals surface area contributed by atoms with Crippen molar-refractivity contribution in [3.05, 3.63) is 0 Å². The number of sulfone groups is 1. The number of ether oxygens (including phenoxy) is 1. The molecule has 0 heterocycles. The van der Waals surface area contributed by atoms with Crippen LogP contribution in [0.1, 0.15) is 13.3 Å². The number of carbonyl (C=O) groups is 2. The SMILES string of the molecule is CC(OCCS(=O)(=O)CCC(N)=O)C(=O)O. The number of carbonyl (C=O) groups excluding carboxylic acids is 1. The van der Waals surface area contributed by atoms with E-state index in [0.717, 1.165) is 0 Å². The molecule has 94 valence electrons. The van der Waals surface area contributed by atoms with Gasteiger partial charge in [0.25, 0.3) is 0 Å². The molecule has 0 saturated carbocycles. The van der Waals surface area contributed by atoms with Crippen LogP contribution in [0.15, 0.2) is 0 Å². The molecule has 3 N–H and O–H groups in total. The van der Waals surface area contributed by atoms with Crippen molar-refractivity contribution in [1.82, 2.24) is 0 Å². The Morgan fingerprint density at radius 3 is 2.38 bits per heavy atom. The second kappa shape index (κ2) is 6.44. The van der Waals surface area contributed by atoms with Crippen LogP contribution >= 0.6 is 0 Å². The largest absolute Gasteiger partial charge is 0.479 e. The molecule has 1 unspecified atom stereocenters. The summed E-state index contributed by atoms with van der Waals surface area (Å²) in [5.74, 6) is -2.51. The van der Waals surface area contributed by atoms with Crippen LogP contribution in [0.25, 0.3) is 0 Å². The van der Waals surface area contributed by atoms with Crippen LogP contribution in [0.3, 0.4) is 0 Å². The molecule has 1 amide bonds. The minimum atomic E-state index is -3.42. The lowest BCUT2D eigenvalue weighted by Gasteiger charge is -2.08. The molecule has 0 aromatic carbocycles. The first-order chi connectivity index (χ1) is 7.24. The van der Waals surface area contributed by atoms with Crippen molar-refractivity contribution in [2.24, 2.45) is 5.73 Å². The van der Waals surface area contributed by atoms with E-state index in [4.69, 9.17) is 15.6 Å². The second-order valence-electron chi connectivity index (χ2n) is 3.22.